The maximum Gasteiger partial charge on any atom is 0.443 e. The molecule has 0 amide bonds. The van der Waals surface area contributed by atoms with Crippen molar-refractivity contribution in [2.75, 3.05) is 18.1 Å². The Morgan fingerprint density at radius 1 is 1.23 bits per heavy atom. The Morgan fingerprint density at radius 2 is 2.03 bits per heavy atom. The van der Waals surface area contributed by atoms with E-state index in [-0.39, 0.29) is 6.54 Å². The van der Waals surface area contributed by atoms with E-state index in [4.69, 9.17) is 4.74 Å². The highest BCUT2D eigenvalue weighted by Gasteiger charge is 2.34. The van der Waals surface area contributed by atoms with Gasteiger partial charge in [0.25, 0.3) is 0 Å². The second kappa shape index (κ2) is 8.29. The first-order valence-electron chi connectivity index (χ1n) is 9.71. The number of benzene rings is 1. The Hall–Kier alpha value is -2.95. The van der Waals surface area contributed by atoms with Gasteiger partial charge in [0.2, 0.25) is 5.95 Å². The van der Waals surface area contributed by atoms with Crippen LogP contribution in [0.5, 0.6) is 5.75 Å². The molecule has 0 saturated heterocycles. The van der Waals surface area contributed by atoms with Crippen molar-refractivity contribution in [3.8, 4) is 5.75 Å². The first-order valence-corrected chi connectivity index (χ1v) is 10.5. The number of halogens is 3. The van der Waals surface area contributed by atoms with Gasteiger partial charge in [-0.25, -0.2) is 9.78 Å². The molecule has 0 saturated carbocycles. The van der Waals surface area contributed by atoms with Crippen molar-refractivity contribution >= 4 is 17.3 Å². The van der Waals surface area contributed by atoms with Gasteiger partial charge in [-0.15, -0.1) is 11.3 Å². The summed E-state index contributed by atoms with van der Waals surface area (Å²) in [5.74, 6) is 1.54. The van der Waals surface area contributed by atoms with E-state index in [0.717, 1.165) is 23.9 Å². The molecule has 1 aliphatic heterocycles. The van der Waals surface area contributed by atoms with Crippen LogP contribution >= 0.6 is 11.3 Å². The molecule has 4 rings (SSSR count). The van der Waals surface area contributed by atoms with E-state index in [9.17, 15) is 18.0 Å². The van der Waals surface area contributed by atoms with Crippen molar-refractivity contribution < 1.29 is 17.9 Å². The molecule has 2 aromatic heterocycles. The third kappa shape index (κ3) is 4.55. The van der Waals surface area contributed by atoms with Crippen LogP contribution in [0.3, 0.4) is 0 Å². The lowest BCUT2D eigenvalue weighted by Crippen LogP contribution is -2.36. The number of nitrogens with zero attached hydrogens (tertiary/aromatic N) is 5. The highest BCUT2D eigenvalue weighted by molar-refractivity contribution is 7.11. The average Bonchev–Trinajstić information content (AvgIpc) is 3.20. The van der Waals surface area contributed by atoms with Crippen LogP contribution in [-0.4, -0.2) is 32.7 Å². The Bertz CT molecular complexity index is 1160. The number of ether oxygens (including phenoxy) is 1. The summed E-state index contributed by atoms with van der Waals surface area (Å²) < 4.78 is 45.1. The summed E-state index contributed by atoms with van der Waals surface area (Å²) in [7, 11) is 0. The van der Waals surface area contributed by atoms with Gasteiger partial charge in [0.1, 0.15) is 11.6 Å². The van der Waals surface area contributed by atoms with Crippen LogP contribution in [0.1, 0.15) is 33.8 Å². The summed E-state index contributed by atoms with van der Waals surface area (Å²) in [5.41, 5.74) is 1.75. The van der Waals surface area contributed by atoms with Crippen LogP contribution < -0.4 is 15.3 Å². The maximum absolute atomic E-state index is 12.8. The number of hydrogen-bond donors (Lipinski definition) is 0. The molecular formula is C20H20F3N5O2S. The van der Waals surface area contributed by atoms with Gasteiger partial charge in [-0.1, -0.05) is 6.07 Å². The third-order valence-corrected chi connectivity index (χ3v) is 6.00. The van der Waals surface area contributed by atoms with Crippen LogP contribution in [0.2, 0.25) is 0 Å². The van der Waals surface area contributed by atoms with Crippen LogP contribution in [0.4, 0.5) is 19.1 Å². The molecule has 31 heavy (non-hydrogen) atoms. The first kappa shape index (κ1) is 21.3. The lowest BCUT2D eigenvalue weighted by atomic mass is 10.00. The Labute approximate surface area is 180 Å². The topological polar surface area (TPSA) is 73.1 Å². The lowest BCUT2D eigenvalue weighted by molar-refractivity contribution is -0.137. The van der Waals surface area contributed by atoms with Crippen LogP contribution in [0.15, 0.2) is 29.2 Å². The Morgan fingerprint density at radius 3 is 2.71 bits per heavy atom. The summed E-state index contributed by atoms with van der Waals surface area (Å²) in [6, 6.07) is 5.95. The number of thiazole rings is 1. The minimum Gasteiger partial charge on any atom is -0.494 e. The fourth-order valence-corrected chi connectivity index (χ4v) is 4.23. The molecule has 0 spiro atoms. The van der Waals surface area contributed by atoms with Crippen molar-refractivity contribution in [2.45, 2.75) is 39.5 Å². The summed E-state index contributed by atoms with van der Waals surface area (Å²) in [6.45, 7) is 5.34. The molecule has 0 N–H and O–H groups in total. The molecule has 7 nitrogen and oxygen atoms in total. The van der Waals surface area contributed by atoms with Gasteiger partial charge in [-0.05, 0) is 43.5 Å². The van der Waals surface area contributed by atoms with Crippen LogP contribution in [0, 0.1) is 6.92 Å². The first-order chi connectivity index (χ1) is 14.7. The Balaban J connectivity index is 1.53. The standard InChI is InChI=1S/C20H20F3N5O2S/c1-3-30-15-5-4-14-10-27(7-6-13(14)8-15)18-25-12(2)28(19(29)26-18)11-16-9-24-17(31-16)20(21,22)23/h4-5,8-9H,3,6-7,10-11H2,1-2H3. The van der Waals surface area contributed by atoms with Gasteiger partial charge < -0.3 is 9.64 Å². The second-order valence-corrected chi connectivity index (χ2v) is 8.22. The largest absolute Gasteiger partial charge is 0.494 e. The van der Waals surface area contributed by atoms with E-state index in [2.05, 4.69) is 15.0 Å². The van der Waals surface area contributed by atoms with Crippen molar-refractivity contribution in [1.82, 2.24) is 19.5 Å². The average molecular weight is 451 g/mol. The van der Waals surface area contributed by atoms with Gasteiger partial charge >= 0.3 is 11.9 Å². The third-order valence-electron chi connectivity index (χ3n) is 4.97. The number of fused-ring (bicyclic) bond motifs is 1. The number of aryl methyl sites for hydroxylation is 1. The van der Waals surface area contributed by atoms with E-state index in [1.54, 1.807) is 6.92 Å². The molecule has 11 heteroatoms. The van der Waals surface area contributed by atoms with Crippen molar-refractivity contribution in [2.24, 2.45) is 0 Å². The van der Waals surface area contributed by atoms with Gasteiger partial charge in [0.15, 0.2) is 5.01 Å². The van der Waals surface area contributed by atoms with Crippen molar-refractivity contribution in [3.05, 3.63) is 61.7 Å². The molecular weight excluding hydrogens is 431 g/mol. The zero-order chi connectivity index (χ0) is 22.2. The number of alkyl halides is 3. The van der Waals surface area contributed by atoms with Crippen LogP contribution in [0.25, 0.3) is 0 Å². The van der Waals surface area contributed by atoms with Gasteiger partial charge in [0.05, 0.1) is 13.2 Å². The molecule has 3 heterocycles. The minimum atomic E-state index is -4.50. The highest BCUT2D eigenvalue weighted by atomic mass is 32.1. The Kier molecular flexibility index (Phi) is 5.69. The van der Waals surface area contributed by atoms with Crippen molar-refractivity contribution in [1.29, 1.82) is 0 Å². The molecule has 1 aliphatic rings. The smallest absolute Gasteiger partial charge is 0.443 e. The quantitative estimate of drug-likeness (QED) is 0.592. The number of hydrogen-bond acceptors (Lipinski definition) is 7. The summed E-state index contributed by atoms with van der Waals surface area (Å²) >= 11 is 0.509. The minimum absolute atomic E-state index is 0.0538. The fraction of sp³-hybridized carbons (Fsp3) is 0.400. The SMILES string of the molecule is CCOc1ccc2c(c1)CCN(c1nc(C)n(Cc3cnc(C(F)(F)F)s3)c(=O)n1)C2. The molecule has 0 radical (unpaired) electrons. The molecule has 3 aromatic rings. The van der Waals surface area contributed by atoms with E-state index < -0.39 is 16.9 Å². The van der Waals surface area contributed by atoms with E-state index in [1.807, 2.05) is 30.0 Å². The number of rotatable bonds is 5. The molecule has 164 valence electrons. The molecule has 0 aliphatic carbocycles. The van der Waals surface area contributed by atoms with Gasteiger partial charge in [-0.3, -0.25) is 4.57 Å². The summed E-state index contributed by atoms with van der Waals surface area (Å²) in [5, 5.41) is -0.940. The zero-order valence-electron chi connectivity index (χ0n) is 16.9. The summed E-state index contributed by atoms with van der Waals surface area (Å²) in [6.07, 6.45) is -2.61. The molecule has 0 unspecified atom stereocenters. The molecule has 0 bridgehead atoms. The predicted molar refractivity (Wildman–Crippen MR) is 110 cm³/mol. The van der Waals surface area contributed by atoms with Gasteiger partial charge in [0, 0.05) is 24.2 Å². The monoisotopic (exact) mass is 451 g/mol. The zero-order valence-corrected chi connectivity index (χ0v) is 17.8. The lowest BCUT2D eigenvalue weighted by Gasteiger charge is -2.29. The van der Waals surface area contributed by atoms with Crippen molar-refractivity contribution in [3.63, 3.8) is 0 Å². The molecule has 0 fully saturated rings. The number of anilines is 1. The van der Waals surface area contributed by atoms with E-state index in [0.29, 0.717) is 47.7 Å². The maximum atomic E-state index is 12.8. The number of aromatic nitrogens is 4. The van der Waals surface area contributed by atoms with Gasteiger partial charge in [-0.2, -0.15) is 23.1 Å². The van der Waals surface area contributed by atoms with E-state index >= 15 is 0 Å². The summed E-state index contributed by atoms with van der Waals surface area (Å²) in [4.78, 5) is 26.8. The predicted octanol–water partition coefficient (Wildman–Crippen LogP) is 3.43. The fourth-order valence-electron chi connectivity index (χ4n) is 3.46. The molecule has 0 atom stereocenters. The normalized spacial score (nSPS) is 13.9. The van der Waals surface area contributed by atoms with Crippen LogP contribution in [-0.2, 0) is 25.7 Å². The highest BCUT2D eigenvalue weighted by Crippen LogP contribution is 2.32. The molecule has 1 aromatic carbocycles. The van der Waals surface area contributed by atoms with E-state index in [1.165, 1.54) is 10.1 Å². The second-order valence-electron chi connectivity index (χ2n) is 7.10.